The normalized spacial score (nSPS) is 23.5. The van der Waals surface area contributed by atoms with Gasteiger partial charge in [-0.3, -0.25) is 4.79 Å². The van der Waals surface area contributed by atoms with Gasteiger partial charge < -0.3 is 4.98 Å². The van der Waals surface area contributed by atoms with E-state index >= 15 is 0 Å². The maximum absolute atomic E-state index is 11.5. The Bertz CT molecular complexity index is 411. The molecule has 1 aromatic rings. The molecule has 0 aromatic carbocycles. The van der Waals surface area contributed by atoms with Crippen LogP contribution in [0.5, 0.6) is 0 Å². The zero-order chi connectivity index (χ0) is 10.3. The molecule has 1 aliphatic carbocycles. The number of rotatable bonds is 2. The van der Waals surface area contributed by atoms with Crippen LogP contribution in [0.1, 0.15) is 37.6 Å². The van der Waals surface area contributed by atoms with Gasteiger partial charge in [0.25, 0.3) is 5.56 Å². The monoisotopic (exact) mass is 256 g/mol. The molecule has 3 nitrogen and oxygen atoms in total. The summed E-state index contributed by atoms with van der Waals surface area (Å²) in [6.07, 6.45) is 2.78. The molecule has 0 spiro atoms. The van der Waals surface area contributed by atoms with Crippen molar-refractivity contribution in [3.63, 3.8) is 0 Å². The van der Waals surface area contributed by atoms with Crippen molar-refractivity contribution in [3.05, 3.63) is 27.9 Å². The van der Waals surface area contributed by atoms with Crippen molar-refractivity contribution >= 4 is 15.9 Å². The van der Waals surface area contributed by atoms with Gasteiger partial charge in [0, 0.05) is 23.0 Å². The van der Waals surface area contributed by atoms with E-state index < -0.39 is 0 Å². The molecule has 1 fully saturated rings. The summed E-state index contributed by atoms with van der Waals surface area (Å²) in [6.45, 7) is 4.38. The third kappa shape index (κ3) is 1.63. The zero-order valence-corrected chi connectivity index (χ0v) is 9.89. The molecule has 76 valence electrons. The highest BCUT2D eigenvalue weighted by Crippen LogP contribution is 2.57. The van der Waals surface area contributed by atoms with Crippen molar-refractivity contribution in [2.45, 2.75) is 31.5 Å². The number of halogens is 1. The molecule has 1 aromatic heterocycles. The van der Waals surface area contributed by atoms with Gasteiger partial charge in [-0.15, -0.1) is 0 Å². The molecule has 0 saturated heterocycles. The highest BCUT2D eigenvalue weighted by atomic mass is 79.9. The third-order valence-electron chi connectivity index (χ3n) is 2.88. The Morgan fingerprint density at radius 3 is 2.79 bits per heavy atom. The lowest BCUT2D eigenvalue weighted by molar-refractivity contribution is 0.607. The maximum atomic E-state index is 11.5. The van der Waals surface area contributed by atoms with E-state index in [1.165, 1.54) is 0 Å². The second kappa shape index (κ2) is 3.19. The van der Waals surface area contributed by atoms with E-state index in [2.05, 4.69) is 39.7 Å². The van der Waals surface area contributed by atoms with E-state index in [9.17, 15) is 4.79 Å². The minimum atomic E-state index is -0.0189. The summed E-state index contributed by atoms with van der Waals surface area (Å²) in [7, 11) is 0. The Morgan fingerprint density at radius 1 is 1.71 bits per heavy atom. The van der Waals surface area contributed by atoms with Crippen LogP contribution < -0.4 is 5.56 Å². The van der Waals surface area contributed by atoms with Crippen LogP contribution in [0.2, 0.25) is 0 Å². The van der Waals surface area contributed by atoms with Crippen molar-refractivity contribution in [2.75, 3.05) is 0 Å². The Morgan fingerprint density at radius 2 is 2.36 bits per heavy atom. The van der Waals surface area contributed by atoms with Crippen LogP contribution in [0.25, 0.3) is 0 Å². The first-order chi connectivity index (χ1) is 6.54. The Balaban J connectivity index is 2.31. The molecule has 1 unspecified atom stereocenters. The number of aromatic amines is 1. The SMILES string of the molecule is CC1(C)CC1c1ncc(CBr)c(=O)[nH]1. The highest BCUT2D eigenvalue weighted by molar-refractivity contribution is 9.08. The quantitative estimate of drug-likeness (QED) is 0.825. The first-order valence-corrected chi connectivity index (χ1v) is 5.81. The first-order valence-electron chi connectivity index (χ1n) is 4.68. The predicted molar refractivity (Wildman–Crippen MR) is 58.6 cm³/mol. The number of aromatic nitrogens is 2. The standard InChI is InChI=1S/C10H13BrN2O/c1-10(2)3-7(10)8-12-5-6(4-11)9(14)13-8/h5,7H,3-4H2,1-2H3,(H,12,13,14). The third-order valence-corrected chi connectivity index (χ3v) is 3.48. The smallest absolute Gasteiger partial charge is 0.254 e. The van der Waals surface area contributed by atoms with Gasteiger partial charge in [-0.1, -0.05) is 29.8 Å². The van der Waals surface area contributed by atoms with Crippen LogP contribution in [0.3, 0.4) is 0 Å². The number of nitrogens with zero attached hydrogens (tertiary/aromatic N) is 1. The van der Waals surface area contributed by atoms with E-state index in [-0.39, 0.29) is 5.56 Å². The molecule has 0 amide bonds. The van der Waals surface area contributed by atoms with Gasteiger partial charge in [0.1, 0.15) is 5.82 Å². The Kier molecular flexibility index (Phi) is 2.26. The molecule has 2 rings (SSSR count). The molecule has 0 bridgehead atoms. The Labute approximate surface area is 91.1 Å². The van der Waals surface area contributed by atoms with Crippen molar-refractivity contribution in [1.29, 1.82) is 0 Å². The molecule has 1 atom stereocenters. The minimum absolute atomic E-state index is 0.0189. The van der Waals surface area contributed by atoms with E-state index in [1.54, 1.807) is 6.20 Å². The van der Waals surface area contributed by atoms with Gasteiger partial charge in [0.15, 0.2) is 0 Å². The largest absolute Gasteiger partial charge is 0.310 e. The van der Waals surface area contributed by atoms with Crippen LogP contribution in [-0.2, 0) is 5.33 Å². The number of hydrogen-bond acceptors (Lipinski definition) is 2. The van der Waals surface area contributed by atoms with Crippen LogP contribution in [0.4, 0.5) is 0 Å². The topological polar surface area (TPSA) is 45.8 Å². The second-order valence-corrected chi connectivity index (χ2v) is 5.06. The maximum Gasteiger partial charge on any atom is 0.254 e. The van der Waals surface area contributed by atoms with E-state index in [4.69, 9.17) is 0 Å². The van der Waals surface area contributed by atoms with Crippen molar-refractivity contribution in [1.82, 2.24) is 9.97 Å². The molecule has 0 aliphatic heterocycles. The summed E-state index contributed by atoms with van der Waals surface area (Å²) >= 11 is 3.25. The average Bonchev–Trinajstić information content (AvgIpc) is 2.75. The van der Waals surface area contributed by atoms with E-state index in [1.807, 2.05) is 0 Å². The van der Waals surface area contributed by atoms with Crippen molar-refractivity contribution in [2.24, 2.45) is 5.41 Å². The average molecular weight is 257 g/mol. The number of nitrogens with one attached hydrogen (secondary N) is 1. The van der Waals surface area contributed by atoms with Crippen LogP contribution in [0.15, 0.2) is 11.0 Å². The van der Waals surface area contributed by atoms with Gasteiger partial charge >= 0.3 is 0 Å². The van der Waals surface area contributed by atoms with E-state index in [0.717, 1.165) is 12.2 Å². The first kappa shape index (κ1) is 9.90. The summed E-state index contributed by atoms with van der Waals surface area (Å²) in [5.41, 5.74) is 0.980. The number of alkyl halides is 1. The molecule has 1 aliphatic rings. The molecule has 1 heterocycles. The predicted octanol–water partition coefficient (Wildman–Crippen LogP) is 2.18. The van der Waals surface area contributed by atoms with Gasteiger partial charge in [-0.2, -0.15) is 0 Å². The molecular weight excluding hydrogens is 244 g/mol. The summed E-state index contributed by atoms with van der Waals surface area (Å²) in [6, 6.07) is 0. The van der Waals surface area contributed by atoms with Crippen molar-refractivity contribution in [3.8, 4) is 0 Å². The van der Waals surface area contributed by atoms with Crippen LogP contribution in [0, 0.1) is 5.41 Å². The zero-order valence-electron chi connectivity index (χ0n) is 8.30. The van der Waals surface area contributed by atoms with E-state index in [0.29, 0.717) is 22.2 Å². The lowest BCUT2D eigenvalue weighted by Gasteiger charge is -2.02. The minimum Gasteiger partial charge on any atom is -0.310 e. The lowest BCUT2D eigenvalue weighted by Crippen LogP contribution is -2.15. The molecule has 1 saturated carbocycles. The summed E-state index contributed by atoms with van der Waals surface area (Å²) < 4.78 is 0. The number of H-pyrrole nitrogens is 1. The summed E-state index contributed by atoms with van der Waals surface area (Å²) in [4.78, 5) is 18.6. The van der Waals surface area contributed by atoms with Gasteiger partial charge in [-0.05, 0) is 11.8 Å². The fourth-order valence-electron chi connectivity index (χ4n) is 1.64. The lowest BCUT2D eigenvalue weighted by atomic mass is 10.1. The molecule has 0 radical (unpaired) electrons. The van der Waals surface area contributed by atoms with Crippen LogP contribution >= 0.6 is 15.9 Å². The molecule has 4 heteroatoms. The molecular formula is C10H13BrN2O. The summed E-state index contributed by atoms with van der Waals surface area (Å²) in [5.74, 6) is 1.27. The second-order valence-electron chi connectivity index (χ2n) is 4.50. The van der Waals surface area contributed by atoms with Crippen LogP contribution in [-0.4, -0.2) is 9.97 Å². The fraction of sp³-hybridized carbons (Fsp3) is 0.600. The van der Waals surface area contributed by atoms with Gasteiger partial charge in [0.05, 0.1) is 0 Å². The fourth-order valence-corrected chi connectivity index (χ4v) is 2.04. The van der Waals surface area contributed by atoms with Gasteiger partial charge in [-0.25, -0.2) is 4.98 Å². The molecule has 14 heavy (non-hydrogen) atoms. The Hall–Kier alpha value is -0.640. The van der Waals surface area contributed by atoms with Crippen molar-refractivity contribution < 1.29 is 0 Å². The molecule has 1 N–H and O–H groups in total. The number of hydrogen-bond donors (Lipinski definition) is 1. The summed E-state index contributed by atoms with van der Waals surface area (Å²) in [5, 5.41) is 0.559. The highest BCUT2D eigenvalue weighted by Gasteiger charge is 2.48. The van der Waals surface area contributed by atoms with Gasteiger partial charge in [0.2, 0.25) is 0 Å².